The Kier molecular flexibility index (Phi) is 4.02. The smallest absolute Gasteiger partial charge is 0.227 e. The van der Waals surface area contributed by atoms with Gasteiger partial charge in [-0.25, -0.2) is 0 Å². The Bertz CT molecular complexity index is 442. The molecule has 1 atom stereocenters. The Hall–Kier alpha value is -1.35. The van der Waals surface area contributed by atoms with Gasteiger partial charge in [0.1, 0.15) is 0 Å². The molecule has 1 amide bonds. The molecular formula is C15H22N2O. The van der Waals surface area contributed by atoms with Crippen molar-refractivity contribution in [2.45, 2.75) is 33.2 Å². The van der Waals surface area contributed by atoms with Crippen molar-refractivity contribution < 1.29 is 4.79 Å². The molecule has 0 aliphatic carbocycles. The first kappa shape index (κ1) is 13.1. The Morgan fingerprint density at radius 3 is 2.83 bits per heavy atom. The largest absolute Gasteiger partial charge is 0.337 e. The van der Waals surface area contributed by atoms with Crippen molar-refractivity contribution in [2.75, 3.05) is 19.6 Å². The molecule has 0 saturated carbocycles. The van der Waals surface area contributed by atoms with E-state index in [-0.39, 0.29) is 5.91 Å². The Morgan fingerprint density at radius 2 is 2.17 bits per heavy atom. The highest BCUT2D eigenvalue weighted by Crippen LogP contribution is 2.12. The number of piperazine rings is 1. The van der Waals surface area contributed by atoms with Gasteiger partial charge in [0.05, 0.1) is 6.42 Å². The second kappa shape index (κ2) is 5.53. The number of carbonyl (C=O) groups is 1. The highest BCUT2D eigenvalue weighted by molar-refractivity contribution is 5.79. The van der Waals surface area contributed by atoms with Gasteiger partial charge in [-0.05, 0) is 37.5 Å². The maximum atomic E-state index is 12.3. The summed E-state index contributed by atoms with van der Waals surface area (Å²) in [6, 6.07) is 6.59. The monoisotopic (exact) mass is 246 g/mol. The average molecular weight is 246 g/mol. The topological polar surface area (TPSA) is 32.3 Å². The van der Waals surface area contributed by atoms with Gasteiger partial charge in [0, 0.05) is 25.7 Å². The van der Waals surface area contributed by atoms with Crippen LogP contribution < -0.4 is 5.32 Å². The first-order valence-electron chi connectivity index (χ1n) is 6.64. The van der Waals surface area contributed by atoms with Gasteiger partial charge in [-0.15, -0.1) is 0 Å². The van der Waals surface area contributed by atoms with Crippen LogP contribution in [0.15, 0.2) is 18.2 Å². The number of rotatable bonds is 2. The molecule has 1 aromatic carbocycles. The van der Waals surface area contributed by atoms with Crippen LogP contribution in [0.3, 0.4) is 0 Å². The molecule has 1 fully saturated rings. The fourth-order valence-corrected chi connectivity index (χ4v) is 2.40. The molecule has 0 spiro atoms. The van der Waals surface area contributed by atoms with Crippen LogP contribution in [0, 0.1) is 13.8 Å². The fourth-order valence-electron chi connectivity index (χ4n) is 2.40. The third kappa shape index (κ3) is 2.91. The first-order valence-corrected chi connectivity index (χ1v) is 6.64. The van der Waals surface area contributed by atoms with Crippen molar-refractivity contribution >= 4 is 5.91 Å². The van der Waals surface area contributed by atoms with Gasteiger partial charge in [0.2, 0.25) is 5.91 Å². The van der Waals surface area contributed by atoms with Gasteiger partial charge in [-0.2, -0.15) is 0 Å². The van der Waals surface area contributed by atoms with Crippen molar-refractivity contribution in [3.05, 3.63) is 34.9 Å². The molecule has 0 aromatic heterocycles. The zero-order valence-electron chi connectivity index (χ0n) is 11.5. The van der Waals surface area contributed by atoms with E-state index in [9.17, 15) is 4.79 Å². The summed E-state index contributed by atoms with van der Waals surface area (Å²) in [5, 5.41) is 3.31. The molecule has 1 aliphatic heterocycles. The van der Waals surface area contributed by atoms with Crippen LogP contribution in [0.4, 0.5) is 0 Å². The van der Waals surface area contributed by atoms with Crippen LogP contribution in [0.2, 0.25) is 0 Å². The lowest BCUT2D eigenvalue weighted by molar-refractivity contribution is -0.133. The second-order valence-electron chi connectivity index (χ2n) is 5.24. The quantitative estimate of drug-likeness (QED) is 0.861. The summed E-state index contributed by atoms with van der Waals surface area (Å²) in [5.41, 5.74) is 3.66. The number of hydrogen-bond donors (Lipinski definition) is 1. The summed E-state index contributed by atoms with van der Waals surface area (Å²) in [6.45, 7) is 8.92. The molecule has 0 bridgehead atoms. The Labute approximate surface area is 109 Å². The van der Waals surface area contributed by atoms with Crippen molar-refractivity contribution in [2.24, 2.45) is 0 Å². The van der Waals surface area contributed by atoms with Gasteiger partial charge in [-0.1, -0.05) is 18.2 Å². The number of hydrogen-bond acceptors (Lipinski definition) is 2. The van der Waals surface area contributed by atoms with E-state index in [1.54, 1.807) is 0 Å². The lowest BCUT2D eigenvalue weighted by Crippen LogP contribution is -2.52. The minimum Gasteiger partial charge on any atom is -0.337 e. The van der Waals surface area contributed by atoms with Crippen molar-refractivity contribution in [3.8, 4) is 0 Å². The molecule has 0 radical (unpaired) electrons. The normalized spacial score (nSPS) is 19.9. The zero-order valence-corrected chi connectivity index (χ0v) is 11.5. The minimum atomic E-state index is 0.243. The molecule has 98 valence electrons. The molecule has 1 aromatic rings. The minimum absolute atomic E-state index is 0.243. The van der Waals surface area contributed by atoms with E-state index < -0.39 is 0 Å². The standard InChI is InChI=1S/C15H22N2O/c1-11-4-5-14(8-12(11)2)9-15(18)17-7-6-16-10-13(17)3/h4-5,8,13,16H,6-7,9-10H2,1-3H3/t13-/m0/s1. The number of benzene rings is 1. The van der Waals surface area contributed by atoms with Crippen molar-refractivity contribution in [1.29, 1.82) is 0 Å². The number of carbonyl (C=O) groups excluding carboxylic acids is 1. The molecule has 18 heavy (non-hydrogen) atoms. The van der Waals surface area contributed by atoms with E-state index in [1.807, 2.05) is 4.90 Å². The maximum Gasteiger partial charge on any atom is 0.227 e. The van der Waals surface area contributed by atoms with E-state index >= 15 is 0 Å². The third-order valence-electron chi connectivity index (χ3n) is 3.75. The molecule has 1 N–H and O–H groups in total. The van der Waals surface area contributed by atoms with E-state index in [0.29, 0.717) is 12.5 Å². The number of aryl methyl sites for hydroxylation is 2. The summed E-state index contributed by atoms with van der Waals surface area (Å²) >= 11 is 0. The summed E-state index contributed by atoms with van der Waals surface area (Å²) < 4.78 is 0. The first-order chi connectivity index (χ1) is 8.58. The van der Waals surface area contributed by atoms with Gasteiger partial charge in [0.15, 0.2) is 0 Å². The molecule has 1 heterocycles. The third-order valence-corrected chi connectivity index (χ3v) is 3.75. The lowest BCUT2D eigenvalue weighted by Gasteiger charge is -2.34. The summed E-state index contributed by atoms with van der Waals surface area (Å²) in [7, 11) is 0. The molecule has 1 aliphatic rings. The van der Waals surface area contributed by atoms with Crippen LogP contribution in [0.1, 0.15) is 23.6 Å². The number of nitrogens with one attached hydrogen (secondary N) is 1. The summed E-state index contributed by atoms with van der Waals surface area (Å²) in [4.78, 5) is 14.3. The maximum absolute atomic E-state index is 12.3. The predicted molar refractivity (Wildman–Crippen MR) is 73.7 cm³/mol. The van der Waals surface area contributed by atoms with Crippen LogP contribution in [-0.2, 0) is 11.2 Å². The Morgan fingerprint density at radius 1 is 1.39 bits per heavy atom. The summed E-state index contributed by atoms with van der Waals surface area (Å²) in [6.07, 6.45) is 0.519. The number of nitrogens with zero attached hydrogens (tertiary/aromatic N) is 1. The molecule has 3 heteroatoms. The van der Waals surface area contributed by atoms with Gasteiger partial charge in [-0.3, -0.25) is 4.79 Å². The average Bonchev–Trinajstić information content (AvgIpc) is 2.34. The van der Waals surface area contributed by atoms with E-state index in [4.69, 9.17) is 0 Å². The molecule has 0 unspecified atom stereocenters. The molecule has 3 nitrogen and oxygen atoms in total. The molecular weight excluding hydrogens is 224 g/mol. The summed E-state index contributed by atoms with van der Waals surface area (Å²) in [5.74, 6) is 0.243. The van der Waals surface area contributed by atoms with Gasteiger partial charge < -0.3 is 10.2 Å². The van der Waals surface area contributed by atoms with Crippen molar-refractivity contribution in [1.82, 2.24) is 10.2 Å². The van der Waals surface area contributed by atoms with E-state index in [0.717, 1.165) is 25.2 Å². The predicted octanol–water partition coefficient (Wildman–Crippen LogP) is 1.67. The second-order valence-corrected chi connectivity index (χ2v) is 5.24. The van der Waals surface area contributed by atoms with E-state index in [1.165, 1.54) is 11.1 Å². The van der Waals surface area contributed by atoms with Crippen LogP contribution in [-0.4, -0.2) is 36.5 Å². The number of amides is 1. The van der Waals surface area contributed by atoms with Gasteiger partial charge in [0.25, 0.3) is 0 Å². The van der Waals surface area contributed by atoms with Crippen LogP contribution >= 0.6 is 0 Å². The van der Waals surface area contributed by atoms with Crippen LogP contribution in [0.25, 0.3) is 0 Å². The van der Waals surface area contributed by atoms with Gasteiger partial charge >= 0.3 is 0 Å². The lowest BCUT2D eigenvalue weighted by atomic mass is 10.0. The fraction of sp³-hybridized carbons (Fsp3) is 0.533. The van der Waals surface area contributed by atoms with E-state index in [2.05, 4.69) is 44.3 Å². The zero-order chi connectivity index (χ0) is 13.1. The highest BCUT2D eigenvalue weighted by Gasteiger charge is 2.22. The van der Waals surface area contributed by atoms with Crippen LogP contribution in [0.5, 0.6) is 0 Å². The SMILES string of the molecule is Cc1ccc(CC(=O)N2CCNC[C@@H]2C)cc1C. The highest BCUT2D eigenvalue weighted by atomic mass is 16.2. The van der Waals surface area contributed by atoms with Crippen molar-refractivity contribution in [3.63, 3.8) is 0 Å². The molecule has 1 saturated heterocycles. The Balaban J connectivity index is 2.04. The molecule has 2 rings (SSSR count).